The van der Waals surface area contributed by atoms with Gasteiger partial charge in [-0.3, -0.25) is 0 Å². The lowest BCUT2D eigenvalue weighted by Gasteiger charge is -2.30. The van der Waals surface area contributed by atoms with Crippen molar-refractivity contribution in [3.05, 3.63) is 223 Å². The summed E-state index contributed by atoms with van der Waals surface area (Å²) in [6, 6.07) is 62.0. The predicted molar refractivity (Wildman–Crippen MR) is 251 cm³/mol. The molecule has 0 amide bonds. The third-order valence-corrected chi connectivity index (χ3v) is 11.2. The molecular formula is C56H44F2N2. The Bertz CT molecular complexity index is 3030. The molecule has 0 heterocycles. The highest BCUT2D eigenvalue weighted by Gasteiger charge is 2.25. The SMILES string of the molecule is CC.Fc1cc(C2=CC=CCC2)ccc1N(c1ccccc1)c1cc2c3ccccc3c(N(c3ccccc3)c3ccc(-c4ccccc4)cc3F)cc2c2ccccc12. The van der Waals surface area contributed by atoms with Crippen LogP contribution in [0.15, 0.2) is 206 Å². The molecule has 4 heteroatoms. The van der Waals surface area contributed by atoms with Crippen LogP contribution in [0.1, 0.15) is 32.3 Å². The Kier molecular flexibility index (Phi) is 10.8. The Morgan fingerprint density at radius 1 is 0.383 bits per heavy atom. The van der Waals surface area contributed by atoms with Crippen LogP contribution in [0.3, 0.4) is 0 Å². The minimum absolute atomic E-state index is 0.292. The maximum absolute atomic E-state index is 16.7. The molecule has 10 rings (SSSR count). The van der Waals surface area contributed by atoms with E-state index < -0.39 is 0 Å². The van der Waals surface area contributed by atoms with Crippen LogP contribution in [0.25, 0.3) is 49.0 Å². The van der Waals surface area contributed by atoms with Crippen molar-refractivity contribution in [3.8, 4) is 11.1 Å². The number of fused-ring (bicyclic) bond motifs is 5. The topological polar surface area (TPSA) is 6.48 Å². The van der Waals surface area contributed by atoms with Crippen LogP contribution in [0.4, 0.5) is 42.9 Å². The number of allylic oxidation sites excluding steroid dienone is 4. The number of nitrogens with zero attached hydrogens (tertiary/aromatic N) is 2. The summed E-state index contributed by atoms with van der Waals surface area (Å²) in [7, 11) is 0. The van der Waals surface area contributed by atoms with Gasteiger partial charge in [0.1, 0.15) is 11.6 Å². The molecule has 1 aliphatic rings. The van der Waals surface area contributed by atoms with Gasteiger partial charge in [-0.05, 0) is 117 Å². The molecule has 2 nitrogen and oxygen atoms in total. The van der Waals surface area contributed by atoms with Crippen LogP contribution in [0.5, 0.6) is 0 Å². The fourth-order valence-electron chi connectivity index (χ4n) is 8.48. The van der Waals surface area contributed by atoms with Crippen molar-refractivity contribution in [2.24, 2.45) is 0 Å². The van der Waals surface area contributed by atoms with Gasteiger partial charge in [0.15, 0.2) is 0 Å². The number of para-hydroxylation sites is 2. The number of rotatable bonds is 8. The number of halogens is 2. The molecule has 0 N–H and O–H groups in total. The molecule has 0 unspecified atom stereocenters. The molecule has 60 heavy (non-hydrogen) atoms. The van der Waals surface area contributed by atoms with E-state index in [0.717, 1.165) is 90.2 Å². The van der Waals surface area contributed by atoms with E-state index in [0.29, 0.717) is 11.4 Å². The monoisotopic (exact) mass is 782 g/mol. The summed E-state index contributed by atoms with van der Waals surface area (Å²) in [4.78, 5) is 4.07. The highest BCUT2D eigenvalue weighted by Crippen LogP contribution is 2.48. The van der Waals surface area contributed by atoms with E-state index >= 15 is 8.78 Å². The van der Waals surface area contributed by atoms with E-state index in [1.54, 1.807) is 12.1 Å². The number of hydrogen-bond acceptors (Lipinski definition) is 2. The fourth-order valence-corrected chi connectivity index (χ4v) is 8.48. The van der Waals surface area contributed by atoms with Crippen LogP contribution in [-0.4, -0.2) is 0 Å². The minimum Gasteiger partial charge on any atom is -0.307 e. The minimum atomic E-state index is -0.322. The van der Waals surface area contributed by atoms with E-state index in [1.807, 2.05) is 163 Å². The standard InChI is InChI=1S/C54H38F2N2.C2H6/c55-49-33-39(37-17-5-1-6-18-37)29-31-51(49)57(41-21-9-3-10-22-41)53-35-47-44-26-14-16-28-46(44)54(36-48(47)43-25-13-15-27-45(43)53)58(42-23-11-4-12-24-42)52-32-30-40(34-50(52)56)38-19-7-2-8-20-38;1-2/h1-7,9-19,21-36H,8,20H2;1-2H3. The first kappa shape index (κ1) is 38.2. The van der Waals surface area contributed by atoms with Gasteiger partial charge in [-0.1, -0.05) is 159 Å². The molecule has 0 aromatic heterocycles. The van der Waals surface area contributed by atoms with E-state index in [2.05, 4.69) is 54.6 Å². The van der Waals surface area contributed by atoms with Gasteiger partial charge >= 0.3 is 0 Å². The van der Waals surface area contributed by atoms with Gasteiger partial charge in [0, 0.05) is 22.1 Å². The molecule has 0 bridgehead atoms. The Hall–Kier alpha value is -7.30. The molecule has 0 radical (unpaired) electrons. The number of hydrogen-bond donors (Lipinski definition) is 0. The number of anilines is 6. The first-order chi connectivity index (χ1) is 29.6. The summed E-state index contributed by atoms with van der Waals surface area (Å²) in [6.45, 7) is 4.00. The second-order valence-electron chi connectivity index (χ2n) is 14.7. The molecule has 0 spiro atoms. The van der Waals surface area contributed by atoms with Crippen molar-refractivity contribution in [1.82, 2.24) is 0 Å². The maximum Gasteiger partial charge on any atom is 0.147 e. The summed E-state index contributed by atoms with van der Waals surface area (Å²) in [5.74, 6) is -0.614. The molecule has 0 saturated carbocycles. The Labute approximate surface area is 350 Å². The summed E-state index contributed by atoms with van der Waals surface area (Å²) >= 11 is 0. The molecule has 0 atom stereocenters. The quantitative estimate of drug-likeness (QED) is 0.142. The Morgan fingerprint density at radius 3 is 1.28 bits per heavy atom. The molecule has 0 fully saturated rings. The second-order valence-corrected chi connectivity index (χ2v) is 14.7. The van der Waals surface area contributed by atoms with Crippen molar-refractivity contribution in [1.29, 1.82) is 0 Å². The molecule has 9 aromatic rings. The van der Waals surface area contributed by atoms with Gasteiger partial charge in [0.25, 0.3) is 0 Å². The van der Waals surface area contributed by atoms with Gasteiger partial charge in [0.05, 0.1) is 22.7 Å². The zero-order chi connectivity index (χ0) is 41.0. The number of benzene rings is 9. The van der Waals surface area contributed by atoms with Gasteiger partial charge in [0.2, 0.25) is 0 Å². The smallest absolute Gasteiger partial charge is 0.147 e. The molecule has 9 aromatic carbocycles. The molecular weight excluding hydrogens is 739 g/mol. The van der Waals surface area contributed by atoms with Crippen molar-refractivity contribution in [3.63, 3.8) is 0 Å². The highest BCUT2D eigenvalue weighted by molar-refractivity contribution is 6.24. The average Bonchev–Trinajstić information content (AvgIpc) is 3.32. The molecule has 1 aliphatic carbocycles. The zero-order valence-corrected chi connectivity index (χ0v) is 33.7. The van der Waals surface area contributed by atoms with Crippen LogP contribution in [0.2, 0.25) is 0 Å². The fraction of sp³-hybridized carbons (Fsp3) is 0.0714. The largest absolute Gasteiger partial charge is 0.307 e. The van der Waals surface area contributed by atoms with E-state index in [-0.39, 0.29) is 11.6 Å². The zero-order valence-electron chi connectivity index (χ0n) is 33.7. The summed E-state index contributed by atoms with van der Waals surface area (Å²) in [5, 5.41) is 5.96. The first-order valence-corrected chi connectivity index (χ1v) is 20.7. The normalized spacial score (nSPS) is 12.2. The van der Waals surface area contributed by atoms with Crippen molar-refractivity contribution in [2.75, 3.05) is 9.80 Å². The van der Waals surface area contributed by atoms with Crippen LogP contribution in [0, 0.1) is 11.6 Å². The van der Waals surface area contributed by atoms with E-state index in [4.69, 9.17) is 0 Å². The lowest BCUT2D eigenvalue weighted by molar-refractivity contribution is 0.628. The third kappa shape index (κ3) is 7.11. The van der Waals surface area contributed by atoms with Gasteiger partial charge in [-0.25, -0.2) is 8.78 Å². The van der Waals surface area contributed by atoms with Crippen LogP contribution in [-0.2, 0) is 0 Å². The highest BCUT2D eigenvalue weighted by atomic mass is 19.1. The van der Waals surface area contributed by atoms with E-state index in [9.17, 15) is 0 Å². The summed E-state index contributed by atoms with van der Waals surface area (Å²) in [6.07, 6.45) is 8.10. The van der Waals surface area contributed by atoms with Gasteiger partial charge in [-0.15, -0.1) is 0 Å². The van der Waals surface area contributed by atoms with Crippen molar-refractivity contribution < 1.29 is 8.78 Å². The van der Waals surface area contributed by atoms with E-state index in [1.165, 1.54) is 0 Å². The van der Waals surface area contributed by atoms with Gasteiger partial charge in [-0.2, -0.15) is 0 Å². The second kappa shape index (κ2) is 16.9. The van der Waals surface area contributed by atoms with Crippen LogP contribution >= 0.6 is 0 Å². The predicted octanol–water partition coefficient (Wildman–Crippen LogP) is 16.8. The summed E-state index contributed by atoms with van der Waals surface area (Å²) < 4.78 is 33.4. The first-order valence-electron chi connectivity index (χ1n) is 20.7. The van der Waals surface area contributed by atoms with Crippen molar-refractivity contribution >= 4 is 72.0 Å². The Morgan fingerprint density at radius 2 is 0.817 bits per heavy atom. The summed E-state index contributed by atoms with van der Waals surface area (Å²) in [5.41, 5.74) is 8.13. The third-order valence-electron chi connectivity index (χ3n) is 11.2. The van der Waals surface area contributed by atoms with Crippen molar-refractivity contribution in [2.45, 2.75) is 26.7 Å². The lowest BCUT2D eigenvalue weighted by Crippen LogP contribution is -2.13. The average molecular weight is 783 g/mol. The van der Waals surface area contributed by atoms with Crippen LogP contribution < -0.4 is 9.80 Å². The van der Waals surface area contributed by atoms with Gasteiger partial charge < -0.3 is 9.80 Å². The Balaban J connectivity index is 0.00000228. The molecule has 0 aliphatic heterocycles. The molecule has 292 valence electrons. The maximum atomic E-state index is 16.7. The molecule has 0 saturated heterocycles. The lowest BCUT2D eigenvalue weighted by atomic mass is 9.93.